The third-order valence-corrected chi connectivity index (χ3v) is 4.60. The summed E-state index contributed by atoms with van der Waals surface area (Å²) in [5, 5.41) is 13.8. The number of carbonyl (C=O) groups excluding carboxylic acids is 1. The van der Waals surface area contributed by atoms with Crippen LogP contribution in [0.4, 0.5) is 8.78 Å². The number of hydrogen-bond donors (Lipinski definition) is 3. The molecule has 1 atom stereocenters. The van der Waals surface area contributed by atoms with Gasteiger partial charge in [-0.15, -0.1) is 0 Å². The first-order chi connectivity index (χ1) is 13.2. The molecule has 5 nitrogen and oxygen atoms in total. The van der Waals surface area contributed by atoms with Gasteiger partial charge in [-0.1, -0.05) is 12.1 Å². The van der Waals surface area contributed by atoms with Crippen LogP contribution < -0.4 is 10.9 Å². The minimum absolute atomic E-state index is 0.0508. The molecule has 7 heteroatoms. The Kier molecular flexibility index (Phi) is 5.56. The molecule has 0 saturated heterocycles. The predicted molar refractivity (Wildman–Crippen MR) is 102 cm³/mol. The molecule has 3 rings (SSSR count). The number of H-pyrrole nitrogens is 1. The summed E-state index contributed by atoms with van der Waals surface area (Å²) in [5.74, 6) is -1.18. The van der Waals surface area contributed by atoms with Crippen LogP contribution in [-0.4, -0.2) is 22.5 Å². The lowest BCUT2D eigenvalue weighted by Crippen LogP contribution is -2.38. The molecular formula is C21H20F2N2O3. The van der Waals surface area contributed by atoms with E-state index in [0.29, 0.717) is 22.0 Å². The summed E-state index contributed by atoms with van der Waals surface area (Å²) in [7, 11) is 0. The van der Waals surface area contributed by atoms with Gasteiger partial charge in [0, 0.05) is 12.0 Å². The monoisotopic (exact) mass is 386 g/mol. The summed E-state index contributed by atoms with van der Waals surface area (Å²) in [6.45, 7) is 1.47. The third-order valence-electron chi connectivity index (χ3n) is 4.60. The van der Waals surface area contributed by atoms with E-state index in [1.54, 1.807) is 12.1 Å². The van der Waals surface area contributed by atoms with Crippen molar-refractivity contribution in [2.24, 2.45) is 0 Å². The molecule has 1 aromatic heterocycles. The molecule has 0 saturated carbocycles. The molecule has 28 heavy (non-hydrogen) atoms. The fraction of sp³-hybridized carbons (Fsp3) is 0.238. The summed E-state index contributed by atoms with van der Waals surface area (Å²) in [4.78, 5) is 26.8. The fourth-order valence-corrected chi connectivity index (χ4v) is 2.92. The number of benzene rings is 2. The topological polar surface area (TPSA) is 82.2 Å². The van der Waals surface area contributed by atoms with Crippen molar-refractivity contribution in [3.63, 3.8) is 0 Å². The number of amides is 1. The zero-order chi connectivity index (χ0) is 20.3. The standard InChI is InChI=1S/C21H20F2N2O3/c1-21(28,15-4-7-16(22)8-5-15)12-24-19(26)9-3-14-10-13-2-6-17(23)11-18(13)25-20(14)27/h2,4-8,10-11,28H,3,9,12H2,1H3,(H,24,26)(H,25,27). The van der Waals surface area contributed by atoms with E-state index in [2.05, 4.69) is 10.3 Å². The van der Waals surface area contributed by atoms with E-state index in [1.807, 2.05) is 0 Å². The van der Waals surface area contributed by atoms with E-state index >= 15 is 0 Å². The van der Waals surface area contributed by atoms with Crippen LogP contribution in [-0.2, 0) is 16.8 Å². The lowest BCUT2D eigenvalue weighted by molar-refractivity contribution is -0.122. The lowest BCUT2D eigenvalue weighted by atomic mass is 9.96. The number of aromatic amines is 1. The second kappa shape index (κ2) is 7.90. The molecule has 1 amide bonds. The first kappa shape index (κ1) is 19.7. The number of nitrogens with one attached hydrogen (secondary N) is 2. The second-order valence-corrected chi connectivity index (χ2v) is 6.91. The summed E-state index contributed by atoms with van der Waals surface area (Å²) >= 11 is 0. The van der Waals surface area contributed by atoms with Crippen molar-refractivity contribution in [1.29, 1.82) is 0 Å². The van der Waals surface area contributed by atoms with Gasteiger partial charge in [0.25, 0.3) is 5.56 Å². The van der Waals surface area contributed by atoms with Gasteiger partial charge in [-0.25, -0.2) is 8.78 Å². The average molecular weight is 386 g/mol. The first-order valence-electron chi connectivity index (χ1n) is 8.81. The summed E-state index contributed by atoms with van der Waals surface area (Å²) in [5.41, 5.74) is -0.432. The molecule has 0 spiro atoms. The number of pyridine rings is 1. The summed E-state index contributed by atoms with van der Waals surface area (Å²) in [6.07, 6.45) is 0.252. The summed E-state index contributed by atoms with van der Waals surface area (Å²) < 4.78 is 26.2. The van der Waals surface area contributed by atoms with Gasteiger partial charge in [0.05, 0.1) is 12.1 Å². The van der Waals surface area contributed by atoms with Crippen molar-refractivity contribution in [3.05, 3.63) is 81.6 Å². The largest absolute Gasteiger partial charge is 0.384 e. The number of aromatic nitrogens is 1. The van der Waals surface area contributed by atoms with Crippen LogP contribution in [0.25, 0.3) is 10.9 Å². The Hall–Kier alpha value is -3.06. The Labute approximate surface area is 160 Å². The zero-order valence-corrected chi connectivity index (χ0v) is 15.3. The number of aryl methyl sites for hydroxylation is 1. The smallest absolute Gasteiger partial charge is 0.251 e. The number of halogens is 2. The Morgan fingerprint density at radius 1 is 1.11 bits per heavy atom. The molecule has 0 bridgehead atoms. The number of hydrogen-bond acceptors (Lipinski definition) is 3. The highest BCUT2D eigenvalue weighted by molar-refractivity contribution is 5.79. The van der Waals surface area contributed by atoms with E-state index in [0.717, 1.165) is 0 Å². The van der Waals surface area contributed by atoms with Crippen LogP contribution in [0.3, 0.4) is 0 Å². The molecular weight excluding hydrogens is 366 g/mol. The van der Waals surface area contributed by atoms with E-state index in [-0.39, 0.29) is 30.9 Å². The van der Waals surface area contributed by atoms with E-state index in [9.17, 15) is 23.5 Å². The first-order valence-corrected chi connectivity index (χ1v) is 8.81. The molecule has 0 aliphatic heterocycles. The lowest BCUT2D eigenvalue weighted by Gasteiger charge is -2.24. The maximum atomic E-state index is 13.2. The molecule has 1 unspecified atom stereocenters. The Bertz CT molecular complexity index is 1060. The van der Waals surface area contributed by atoms with Crippen LogP contribution in [0.15, 0.2) is 53.3 Å². The van der Waals surface area contributed by atoms with Crippen LogP contribution in [0, 0.1) is 11.6 Å². The van der Waals surface area contributed by atoms with Gasteiger partial charge < -0.3 is 15.4 Å². The van der Waals surface area contributed by atoms with Crippen LogP contribution in [0.1, 0.15) is 24.5 Å². The number of carbonyl (C=O) groups is 1. The minimum Gasteiger partial charge on any atom is -0.384 e. The summed E-state index contributed by atoms with van der Waals surface area (Å²) in [6, 6.07) is 11.1. The van der Waals surface area contributed by atoms with Crippen LogP contribution in [0.5, 0.6) is 0 Å². The van der Waals surface area contributed by atoms with Gasteiger partial charge in [-0.3, -0.25) is 9.59 Å². The molecule has 0 aliphatic rings. The van der Waals surface area contributed by atoms with Gasteiger partial charge in [-0.2, -0.15) is 0 Å². The molecule has 0 radical (unpaired) electrons. The van der Waals surface area contributed by atoms with E-state index in [4.69, 9.17) is 0 Å². The molecule has 2 aromatic carbocycles. The van der Waals surface area contributed by atoms with Crippen molar-refractivity contribution < 1.29 is 18.7 Å². The molecule has 0 fully saturated rings. The van der Waals surface area contributed by atoms with Gasteiger partial charge in [0.15, 0.2) is 0 Å². The normalized spacial score (nSPS) is 13.3. The Morgan fingerprint density at radius 2 is 1.79 bits per heavy atom. The quantitative estimate of drug-likeness (QED) is 0.609. The molecule has 3 aromatic rings. The number of rotatable bonds is 6. The van der Waals surface area contributed by atoms with Crippen LogP contribution in [0.2, 0.25) is 0 Å². The SMILES string of the molecule is CC(O)(CNC(=O)CCc1cc2ccc(F)cc2[nH]c1=O)c1ccc(F)cc1. The van der Waals surface area contributed by atoms with Crippen molar-refractivity contribution in [2.75, 3.05) is 6.54 Å². The maximum absolute atomic E-state index is 13.2. The predicted octanol–water partition coefficient (Wildman–Crippen LogP) is 2.76. The van der Waals surface area contributed by atoms with Gasteiger partial charge >= 0.3 is 0 Å². The number of aliphatic hydroxyl groups is 1. The van der Waals surface area contributed by atoms with Crippen molar-refractivity contribution in [2.45, 2.75) is 25.4 Å². The highest BCUT2D eigenvalue weighted by Gasteiger charge is 2.23. The van der Waals surface area contributed by atoms with E-state index < -0.39 is 17.2 Å². The van der Waals surface area contributed by atoms with Gasteiger partial charge in [0.2, 0.25) is 5.91 Å². The van der Waals surface area contributed by atoms with Crippen LogP contribution >= 0.6 is 0 Å². The Morgan fingerprint density at radius 3 is 2.50 bits per heavy atom. The van der Waals surface area contributed by atoms with Crippen molar-refractivity contribution in [3.8, 4) is 0 Å². The van der Waals surface area contributed by atoms with Crippen molar-refractivity contribution in [1.82, 2.24) is 10.3 Å². The molecule has 1 heterocycles. The Balaban J connectivity index is 1.60. The minimum atomic E-state index is -1.35. The molecule has 3 N–H and O–H groups in total. The highest BCUT2D eigenvalue weighted by Crippen LogP contribution is 2.20. The van der Waals surface area contributed by atoms with E-state index in [1.165, 1.54) is 43.3 Å². The highest BCUT2D eigenvalue weighted by atomic mass is 19.1. The maximum Gasteiger partial charge on any atom is 0.251 e. The fourth-order valence-electron chi connectivity index (χ4n) is 2.92. The zero-order valence-electron chi connectivity index (χ0n) is 15.3. The number of fused-ring (bicyclic) bond motifs is 1. The molecule has 0 aliphatic carbocycles. The second-order valence-electron chi connectivity index (χ2n) is 6.91. The third kappa shape index (κ3) is 4.61. The average Bonchev–Trinajstić information content (AvgIpc) is 2.65. The van der Waals surface area contributed by atoms with Gasteiger partial charge in [-0.05, 0) is 60.7 Å². The van der Waals surface area contributed by atoms with Gasteiger partial charge in [0.1, 0.15) is 17.2 Å². The van der Waals surface area contributed by atoms with Crippen molar-refractivity contribution >= 4 is 16.8 Å². The molecule has 146 valence electrons.